The fraction of sp³-hybridized carbons (Fsp3) is 0. The molecule has 9 aromatic rings. The van der Waals surface area contributed by atoms with Crippen LogP contribution in [0.2, 0.25) is 0 Å². The van der Waals surface area contributed by atoms with Crippen LogP contribution in [0, 0.1) is 34.0 Å². The van der Waals surface area contributed by atoms with Gasteiger partial charge in [-0.1, -0.05) is 84.9 Å². The van der Waals surface area contributed by atoms with E-state index < -0.39 is 0 Å². The predicted octanol–water partition coefficient (Wildman–Crippen LogP) is 10.8. The molecule has 0 radical (unpaired) electrons. The molecular formula is C45H25N5. The van der Waals surface area contributed by atoms with Gasteiger partial charge in [0.1, 0.15) is 6.07 Å². The molecule has 50 heavy (non-hydrogen) atoms. The average molecular weight is 636 g/mol. The molecule has 0 bridgehead atoms. The van der Waals surface area contributed by atoms with Crippen LogP contribution >= 0.6 is 0 Å². The number of fused-ring (bicyclic) bond motifs is 6. The van der Waals surface area contributed by atoms with Crippen LogP contribution in [0.1, 0.15) is 16.7 Å². The van der Waals surface area contributed by atoms with Crippen LogP contribution < -0.4 is 0 Å². The first-order chi connectivity index (χ1) is 24.7. The van der Waals surface area contributed by atoms with Crippen LogP contribution in [0.5, 0.6) is 0 Å². The molecule has 0 spiro atoms. The fourth-order valence-electron chi connectivity index (χ4n) is 7.46. The Kier molecular flexibility index (Phi) is 6.56. The lowest BCUT2D eigenvalue weighted by Crippen LogP contribution is -1.99. The van der Waals surface area contributed by atoms with Crippen LogP contribution in [0.4, 0.5) is 0 Å². The van der Waals surface area contributed by atoms with E-state index in [-0.39, 0.29) is 0 Å². The largest absolute Gasteiger partial charge is 0.309 e. The highest BCUT2D eigenvalue weighted by Crippen LogP contribution is 2.39. The Balaban J connectivity index is 1.19. The number of nitriles is 3. The minimum absolute atomic E-state index is 0.573. The number of rotatable bonds is 4. The Morgan fingerprint density at radius 2 is 1.02 bits per heavy atom. The van der Waals surface area contributed by atoms with Crippen molar-refractivity contribution in [1.29, 1.82) is 15.8 Å². The summed E-state index contributed by atoms with van der Waals surface area (Å²) in [4.78, 5) is 0. The Morgan fingerprint density at radius 3 is 1.74 bits per heavy atom. The van der Waals surface area contributed by atoms with E-state index >= 15 is 0 Å². The van der Waals surface area contributed by atoms with E-state index in [1.54, 1.807) is 0 Å². The van der Waals surface area contributed by atoms with E-state index in [2.05, 4.69) is 124 Å². The molecule has 0 unspecified atom stereocenters. The standard InChI is InChI=1S/C45H25N5/c46-26-29-18-23-42-39(24-29)38-14-6-11-34(28-48)45(38)49(42)35-21-19-30(20-22-35)31-8-5-9-32(25-31)44-33(27-47)10-7-17-43(44)50-40-15-3-1-12-36(40)37-13-2-4-16-41(37)50/h1-25H. The minimum Gasteiger partial charge on any atom is -0.309 e. The van der Waals surface area contributed by atoms with E-state index in [1.165, 1.54) is 10.8 Å². The van der Waals surface area contributed by atoms with E-state index in [0.717, 1.165) is 66.5 Å². The zero-order valence-corrected chi connectivity index (χ0v) is 26.7. The van der Waals surface area contributed by atoms with Gasteiger partial charge in [-0.05, 0) is 83.4 Å². The van der Waals surface area contributed by atoms with Gasteiger partial charge in [0.05, 0.1) is 56.6 Å². The van der Waals surface area contributed by atoms with Crippen molar-refractivity contribution in [1.82, 2.24) is 9.13 Å². The molecule has 0 aliphatic rings. The van der Waals surface area contributed by atoms with Crippen LogP contribution in [0.25, 0.3) is 77.2 Å². The zero-order valence-electron chi connectivity index (χ0n) is 26.7. The molecule has 0 fully saturated rings. The number of aromatic nitrogens is 2. The first-order valence-corrected chi connectivity index (χ1v) is 16.3. The predicted molar refractivity (Wildman–Crippen MR) is 200 cm³/mol. The summed E-state index contributed by atoms with van der Waals surface area (Å²) in [6, 6.07) is 57.9. The molecule has 230 valence electrons. The number of benzene rings is 7. The van der Waals surface area contributed by atoms with Gasteiger partial charge in [0.25, 0.3) is 0 Å². The van der Waals surface area contributed by atoms with Crippen molar-refractivity contribution in [3.63, 3.8) is 0 Å². The first kappa shape index (κ1) is 28.8. The van der Waals surface area contributed by atoms with Crippen molar-refractivity contribution >= 4 is 43.6 Å². The van der Waals surface area contributed by atoms with Gasteiger partial charge in [-0.2, -0.15) is 15.8 Å². The van der Waals surface area contributed by atoms with Gasteiger partial charge < -0.3 is 9.13 Å². The Hall–Kier alpha value is -7.39. The van der Waals surface area contributed by atoms with Crippen LogP contribution in [0.3, 0.4) is 0 Å². The summed E-state index contributed by atoms with van der Waals surface area (Å²) in [7, 11) is 0. The lowest BCUT2D eigenvalue weighted by molar-refractivity contribution is 1.17. The molecule has 2 heterocycles. The lowest BCUT2D eigenvalue weighted by atomic mass is 9.94. The smallest absolute Gasteiger partial charge is 0.101 e. The van der Waals surface area contributed by atoms with Gasteiger partial charge in [0, 0.05) is 32.8 Å². The van der Waals surface area contributed by atoms with Gasteiger partial charge in [0.15, 0.2) is 0 Å². The molecule has 2 aromatic heterocycles. The lowest BCUT2D eigenvalue weighted by Gasteiger charge is -2.16. The van der Waals surface area contributed by atoms with E-state index in [0.29, 0.717) is 16.7 Å². The maximum atomic E-state index is 10.4. The van der Waals surface area contributed by atoms with Gasteiger partial charge in [0.2, 0.25) is 0 Å². The number of para-hydroxylation sites is 3. The summed E-state index contributed by atoms with van der Waals surface area (Å²) in [6.45, 7) is 0. The summed E-state index contributed by atoms with van der Waals surface area (Å²) in [5.41, 5.74) is 11.4. The monoisotopic (exact) mass is 635 g/mol. The van der Waals surface area contributed by atoms with Crippen molar-refractivity contribution in [2.45, 2.75) is 0 Å². The molecule has 0 aliphatic heterocycles. The summed E-state index contributed by atoms with van der Waals surface area (Å²) >= 11 is 0. The van der Waals surface area contributed by atoms with Gasteiger partial charge in [-0.25, -0.2) is 0 Å². The van der Waals surface area contributed by atoms with Gasteiger partial charge in [-0.3, -0.25) is 0 Å². The fourth-order valence-corrected chi connectivity index (χ4v) is 7.46. The second kappa shape index (κ2) is 11.4. The topological polar surface area (TPSA) is 81.2 Å². The van der Waals surface area contributed by atoms with Crippen LogP contribution in [-0.4, -0.2) is 9.13 Å². The molecule has 0 saturated heterocycles. The molecular weight excluding hydrogens is 611 g/mol. The van der Waals surface area contributed by atoms with Gasteiger partial charge in [-0.15, -0.1) is 0 Å². The minimum atomic E-state index is 0.573. The summed E-state index contributed by atoms with van der Waals surface area (Å²) in [5, 5.41) is 34.2. The van der Waals surface area contributed by atoms with Crippen LogP contribution in [-0.2, 0) is 0 Å². The van der Waals surface area contributed by atoms with Gasteiger partial charge >= 0.3 is 0 Å². The molecule has 5 nitrogen and oxygen atoms in total. The molecule has 0 atom stereocenters. The molecule has 7 aromatic carbocycles. The van der Waals surface area contributed by atoms with Crippen molar-refractivity contribution < 1.29 is 0 Å². The first-order valence-electron chi connectivity index (χ1n) is 16.3. The average Bonchev–Trinajstić information content (AvgIpc) is 3.70. The summed E-state index contributed by atoms with van der Waals surface area (Å²) < 4.78 is 4.37. The van der Waals surface area contributed by atoms with Crippen molar-refractivity contribution in [3.8, 4) is 51.8 Å². The summed E-state index contributed by atoms with van der Waals surface area (Å²) in [5.74, 6) is 0. The Labute approximate surface area is 287 Å². The quantitative estimate of drug-likeness (QED) is 0.193. The molecule has 9 rings (SSSR count). The second-order valence-electron chi connectivity index (χ2n) is 12.3. The highest BCUT2D eigenvalue weighted by atomic mass is 15.0. The maximum absolute atomic E-state index is 10.4. The molecule has 5 heteroatoms. The van der Waals surface area contributed by atoms with Crippen molar-refractivity contribution in [3.05, 3.63) is 168 Å². The normalized spacial score (nSPS) is 11.1. The molecule has 0 saturated carbocycles. The van der Waals surface area contributed by atoms with Crippen molar-refractivity contribution in [2.75, 3.05) is 0 Å². The van der Waals surface area contributed by atoms with E-state index in [1.807, 2.05) is 54.6 Å². The highest BCUT2D eigenvalue weighted by molar-refractivity contribution is 6.12. The number of nitrogens with zero attached hydrogens (tertiary/aromatic N) is 5. The van der Waals surface area contributed by atoms with Crippen molar-refractivity contribution in [2.24, 2.45) is 0 Å². The Morgan fingerprint density at radius 1 is 0.400 bits per heavy atom. The highest BCUT2D eigenvalue weighted by Gasteiger charge is 2.19. The van der Waals surface area contributed by atoms with Crippen LogP contribution in [0.15, 0.2) is 152 Å². The third-order valence-corrected chi connectivity index (χ3v) is 9.63. The molecule has 0 N–H and O–H groups in total. The Bertz CT molecular complexity index is 2900. The summed E-state index contributed by atoms with van der Waals surface area (Å²) in [6.07, 6.45) is 0. The number of hydrogen-bond acceptors (Lipinski definition) is 3. The van der Waals surface area contributed by atoms with E-state index in [4.69, 9.17) is 0 Å². The zero-order chi connectivity index (χ0) is 33.8. The molecule has 0 aliphatic carbocycles. The van der Waals surface area contributed by atoms with E-state index in [9.17, 15) is 15.8 Å². The third-order valence-electron chi connectivity index (χ3n) is 9.63. The third kappa shape index (κ3) is 4.31. The maximum Gasteiger partial charge on any atom is 0.101 e. The second-order valence-corrected chi connectivity index (χ2v) is 12.3. The molecule has 0 amide bonds. The number of hydrogen-bond donors (Lipinski definition) is 0. The SMILES string of the molecule is N#Cc1ccc2c(c1)c1cccc(C#N)c1n2-c1ccc(-c2cccc(-c3c(C#N)cccc3-n3c4ccccc4c4ccccc43)c2)cc1.